The molecule has 0 unspecified atom stereocenters. The van der Waals surface area contributed by atoms with Crippen molar-refractivity contribution in [3.05, 3.63) is 70.8 Å². The first-order valence-corrected chi connectivity index (χ1v) is 8.00. The van der Waals surface area contributed by atoms with Crippen molar-refractivity contribution in [2.24, 2.45) is 0 Å². The number of amides is 1. The van der Waals surface area contributed by atoms with E-state index in [9.17, 15) is 9.59 Å². The molecule has 7 heteroatoms. The number of anilines is 1. The van der Waals surface area contributed by atoms with Crippen LogP contribution in [0.25, 0.3) is 11.3 Å². The molecule has 1 amide bonds. The number of aromatic nitrogens is 3. The number of methoxy groups -OCH3 is 1. The van der Waals surface area contributed by atoms with Crippen LogP contribution < -0.4 is 15.6 Å². The SMILES string of the molecule is COc1ccc(C)cc1NC(=O)Cn1nc(-c2ccncc2)ccc1=O. The number of ether oxygens (including phenoxy) is 1. The molecule has 0 fully saturated rings. The number of aryl methyl sites for hydroxylation is 1. The van der Waals surface area contributed by atoms with Crippen LogP contribution in [-0.4, -0.2) is 27.8 Å². The summed E-state index contributed by atoms with van der Waals surface area (Å²) in [6, 6.07) is 12.1. The van der Waals surface area contributed by atoms with Crippen LogP contribution in [0, 0.1) is 6.92 Å². The molecule has 0 aliphatic rings. The van der Waals surface area contributed by atoms with Crippen molar-refractivity contribution in [3.63, 3.8) is 0 Å². The van der Waals surface area contributed by atoms with E-state index in [4.69, 9.17) is 4.74 Å². The fraction of sp³-hybridized carbons (Fsp3) is 0.158. The third kappa shape index (κ3) is 3.94. The van der Waals surface area contributed by atoms with Gasteiger partial charge in [-0.1, -0.05) is 6.07 Å². The van der Waals surface area contributed by atoms with E-state index in [2.05, 4.69) is 15.4 Å². The number of benzene rings is 1. The molecule has 0 bridgehead atoms. The molecule has 2 heterocycles. The number of carbonyl (C=O) groups excluding carboxylic acids is 1. The van der Waals surface area contributed by atoms with Gasteiger partial charge in [-0.15, -0.1) is 0 Å². The van der Waals surface area contributed by atoms with E-state index < -0.39 is 0 Å². The zero-order valence-electron chi connectivity index (χ0n) is 14.5. The lowest BCUT2D eigenvalue weighted by Gasteiger charge is -2.12. The van der Waals surface area contributed by atoms with Gasteiger partial charge in [0.2, 0.25) is 5.91 Å². The molecule has 7 nitrogen and oxygen atoms in total. The number of pyridine rings is 1. The lowest BCUT2D eigenvalue weighted by molar-refractivity contribution is -0.117. The largest absolute Gasteiger partial charge is 0.495 e. The fourth-order valence-electron chi connectivity index (χ4n) is 2.48. The lowest BCUT2D eigenvalue weighted by atomic mass is 10.2. The molecular weight excluding hydrogens is 332 g/mol. The van der Waals surface area contributed by atoms with Gasteiger partial charge in [-0.2, -0.15) is 5.10 Å². The Bertz CT molecular complexity index is 984. The summed E-state index contributed by atoms with van der Waals surface area (Å²) in [5, 5.41) is 7.03. The minimum Gasteiger partial charge on any atom is -0.495 e. The van der Waals surface area contributed by atoms with Gasteiger partial charge in [-0.3, -0.25) is 14.6 Å². The van der Waals surface area contributed by atoms with E-state index in [0.717, 1.165) is 15.8 Å². The molecule has 0 saturated heterocycles. The summed E-state index contributed by atoms with van der Waals surface area (Å²) in [5.41, 5.74) is 2.59. The van der Waals surface area contributed by atoms with Crippen LogP contribution in [0.2, 0.25) is 0 Å². The maximum atomic E-state index is 12.4. The Morgan fingerprint density at radius 2 is 1.92 bits per heavy atom. The first-order valence-electron chi connectivity index (χ1n) is 8.00. The van der Waals surface area contributed by atoms with Gasteiger partial charge >= 0.3 is 0 Å². The van der Waals surface area contributed by atoms with Gasteiger partial charge in [0.1, 0.15) is 12.3 Å². The highest BCUT2D eigenvalue weighted by Crippen LogP contribution is 2.25. The average Bonchev–Trinajstić information content (AvgIpc) is 2.64. The summed E-state index contributed by atoms with van der Waals surface area (Å²) in [5.74, 6) is 0.185. The first kappa shape index (κ1) is 17.3. The number of nitrogens with zero attached hydrogens (tertiary/aromatic N) is 3. The molecule has 0 atom stereocenters. The van der Waals surface area contributed by atoms with E-state index in [1.54, 1.807) is 42.7 Å². The standard InChI is InChI=1S/C19H18N4O3/c1-13-3-5-17(26-2)16(11-13)21-18(24)12-23-19(25)6-4-15(22-23)14-7-9-20-10-8-14/h3-11H,12H2,1-2H3,(H,21,24). The predicted octanol–water partition coefficient (Wildman–Crippen LogP) is 2.26. The summed E-state index contributed by atoms with van der Waals surface area (Å²) < 4.78 is 6.38. The highest BCUT2D eigenvalue weighted by molar-refractivity contribution is 5.92. The Morgan fingerprint density at radius 3 is 2.65 bits per heavy atom. The maximum Gasteiger partial charge on any atom is 0.267 e. The number of hydrogen-bond acceptors (Lipinski definition) is 5. The van der Waals surface area contributed by atoms with Gasteiger partial charge in [0.25, 0.3) is 5.56 Å². The lowest BCUT2D eigenvalue weighted by Crippen LogP contribution is -2.29. The average molecular weight is 350 g/mol. The highest BCUT2D eigenvalue weighted by Gasteiger charge is 2.11. The molecule has 0 saturated carbocycles. The van der Waals surface area contributed by atoms with Crippen LogP contribution in [0.4, 0.5) is 5.69 Å². The zero-order chi connectivity index (χ0) is 18.5. The summed E-state index contributed by atoms with van der Waals surface area (Å²) in [4.78, 5) is 28.4. The molecule has 3 aromatic rings. The zero-order valence-corrected chi connectivity index (χ0v) is 14.5. The predicted molar refractivity (Wildman–Crippen MR) is 98.1 cm³/mol. The Balaban J connectivity index is 1.82. The quantitative estimate of drug-likeness (QED) is 0.763. The van der Waals surface area contributed by atoms with E-state index in [1.807, 2.05) is 13.0 Å². The van der Waals surface area contributed by atoms with Crippen molar-refractivity contribution in [1.82, 2.24) is 14.8 Å². The van der Waals surface area contributed by atoms with Gasteiger partial charge in [-0.05, 0) is 42.8 Å². The molecule has 0 radical (unpaired) electrons. The van der Waals surface area contributed by atoms with Crippen LogP contribution in [0.3, 0.4) is 0 Å². The fourth-order valence-corrected chi connectivity index (χ4v) is 2.48. The van der Waals surface area contributed by atoms with Gasteiger partial charge in [-0.25, -0.2) is 4.68 Å². The van der Waals surface area contributed by atoms with Gasteiger partial charge in [0.05, 0.1) is 18.5 Å². The normalized spacial score (nSPS) is 10.4. The Morgan fingerprint density at radius 1 is 1.15 bits per heavy atom. The number of hydrogen-bond donors (Lipinski definition) is 1. The summed E-state index contributed by atoms with van der Waals surface area (Å²) >= 11 is 0. The molecule has 1 N–H and O–H groups in total. The molecule has 0 aliphatic carbocycles. The number of rotatable bonds is 5. The van der Waals surface area contributed by atoms with E-state index >= 15 is 0 Å². The van der Waals surface area contributed by atoms with Crippen molar-refractivity contribution in [3.8, 4) is 17.0 Å². The van der Waals surface area contributed by atoms with Crippen molar-refractivity contribution >= 4 is 11.6 Å². The third-order valence-electron chi connectivity index (χ3n) is 3.77. The number of carbonyl (C=O) groups is 1. The molecule has 0 spiro atoms. The Labute approximate surface area is 150 Å². The second kappa shape index (κ2) is 7.60. The van der Waals surface area contributed by atoms with Crippen LogP contribution in [0.5, 0.6) is 5.75 Å². The van der Waals surface area contributed by atoms with Gasteiger partial charge in [0.15, 0.2) is 0 Å². The first-order chi connectivity index (χ1) is 12.6. The third-order valence-corrected chi connectivity index (χ3v) is 3.77. The van der Waals surface area contributed by atoms with Crippen molar-refractivity contribution in [2.75, 3.05) is 12.4 Å². The molecule has 26 heavy (non-hydrogen) atoms. The minimum atomic E-state index is -0.365. The molecule has 2 aromatic heterocycles. The molecule has 132 valence electrons. The van der Waals surface area contributed by atoms with Crippen molar-refractivity contribution in [1.29, 1.82) is 0 Å². The summed E-state index contributed by atoms with van der Waals surface area (Å²) in [6.07, 6.45) is 3.28. The number of nitrogens with one attached hydrogen (secondary N) is 1. The van der Waals surface area contributed by atoms with E-state index in [-0.39, 0.29) is 18.0 Å². The second-order valence-corrected chi connectivity index (χ2v) is 5.70. The van der Waals surface area contributed by atoms with Crippen LogP contribution in [-0.2, 0) is 11.3 Å². The van der Waals surface area contributed by atoms with E-state index in [0.29, 0.717) is 17.1 Å². The van der Waals surface area contributed by atoms with Crippen molar-refractivity contribution in [2.45, 2.75) is 13.5 Å². The minimum absolute atomic E-state index is 0.200. The Hall–Kier alpha value is -3.48. The smallest absolute Gasteiger partial charge is 0.267 e. The molecule has 3 rings (SSSR count). The highest BCUT2D eigenvalue weighted by atomic mass is 16.5. The molecular formula is C19H18N4O3. The summed E-state index contributed by atoms with van der Waals surface area (Å²) in [7, 11) is 1.53. The van der Waals surface area contributed by atoms with Crippen LogP contribution in [0.15, 0.2) is 59.7 Å². The molecule has 0 aliphatic heterocycles. The van der Waals surface area contributed by atoms with Crippen molar-refractivity contribution < 1.29 is 9.53 Å². The van der Waals surface area contributed by atoms with Gasteiger partial charge < -0.3 is 10.1 Å². The monoisotopic (exact) mass is 350 g/mol. The second-order valence-electron chi connectivity index (χ2n) is 5.70. The summed E-state index contributed by atoms with van der Waals surface area (Å²) in [6.45, 7) is 1.72. The van der Waals surface area contributed by atoms with Gasteiger partial charge in [0, 0.05) is 24.0 Å². The van der Waals surface area contributed by atoms with Crippen LogP contribution in [0.1, 0.15) is 5.56 Å². The molecule has 1 aromatic carbocycles. The Kier molecular flexibility index (Phi) is 5.07. The van der Waals surface area contributed by atoms with Crippen LogP contribution >= 0.6 is 0 Å². The van der Waals surface area contributed by atoms with E-state index in [1.165, 1.54) is 13.2 Å². The maximum absolute atomic E-state index is 12.4. The topological polar surface area (TPSA) is 86.1 Å².